The predicted octanol–water partition coefficient (Wildman–Crippen LogP) is 4.69. The predicted molar refractivity (Wildman–Crippen MR) is 112 cm³/mol. The number of thiazole rings is 1. The first-order valence-corrected chi connectivity index (χ1v) is 10.5. The minimum Gasteiger partial charge on any atom is -0.321 e. The van der Waals surface area contributed by atoms with Crippen molar-refractivity contribution >= 4 is 45.7 Å². The molecule has 0 unspecified atom stereocenters. The quantitative estimate of drug-likeness (QED) is 0.568. The van der Waals surface area contributed by atoms with Crippen LogP contribution in [0.15, 0.2) is 64.9 Å². The van der Waals surface area contributed by atoms with Gasteiger partial charge < -0.3 is 10.6 Å². The van der Waals surface area contributed by atoms with Crippen LogP contribution in [0.1, 0.15) is 22.5 Å². The van der Waals surface area contributed by atoms with Crippen molar-refractivity contribution in [2.45, 2.75) is 17.7 Å². The Kier molecular flexibility index (Phi) is 6.62. The molecular weight excluding hydrogens is 378 g/mol. The maximum absolute atomic E-state index is 12.3. The van der Waals surface area contributed by atoms with Gasteiger partial charge in [-0.1, -0.05) is 36.4 Å². The van der Waals surface area contributed by atoms with Gasteiger partial charge in [-0.2, -0.15) is 0 Å². The summed E-state index contributed by atoms with van der Waals surface area (Å²) in [5.74, 6) is -0.415. The van der Waals surface area contributed by atoms with Gasteiger partial charge in [0.1, 0.15) is 5.69 Å². The number of aryl methyl sites for hydroxylation is 1. The van der Waals surface area contributed by atoms with Crippen molar-refractivity contribution in [1.82, 2.24) is 4.98 Å². The highest BCUT2D eigenvalue weighted by molar-refractivity contribution is 7.98. The normalized spacial score (nSPS) is 10.4. The molecule has 3 rings (SSSR count). The topological polar surface area (TPSA) is 71.1 Å². The second-order valence-electron chi connectivity index (χ2n) is 5.76. The van der Waals surface area contributed by atoms with E-state index in [9.17, 15) is 9.59 Å². The third-order valence-electron chi connectivity index (χ3n) is 3.79. The average molecular weight is 398 g/mol. The van der Waals surface area contributed by atoms with Crippen molar-refractivity contribution in [3.63, 3.8) is 0 Å². The molecule has 0 saturated heterocycles. The monoisotopic (exact) mass is 397 g/mol. The van der Waals surface area contributed by atoms with Gasteiger partial charge >= 0.3 is 0 Å². The largest absolute Gasteiger partial charge is 0.321 e. The molecular formula is C20H19N3O2S2. The van der Waals surface area contributed by atoms with Gasteiger partial charge in [0.15, 0.2) is 5.13 Å². The number of rotatable bonds is 7. The average Bonchev–Trinajstić information content (AvgIpc) is 3.16. The van der Waals surface area contributed by atoms with Gasteiger partial charge in [-0.3, -0.25) is 9.59 Å². The number of anilines is 2. The summed E-state index contributed by atoms with van der Waals surface area (Å²) in [5.41, 5.74) is 2.11. The second kappa shape index (κ2) is 9.34. The molecule has 0 fully saturated rings. The minimum absolute atomic E-state index is 0.118. The van der Waals surface area contributed by atoms with Crippen LogP contribution in [0.2, 0.25) is 0 Å². The van der Waals surface area contributed by atoms with Crippen LogP contribution in [0.25, 0.3) is 0 Å². The number of amides is 2. The zero-order valence-electron chi connectivity index (χ0n) is 14.8. The van der Waals surface area contributed by atoms with Gasteiger partial charge in [-0.05, 0) is 36.4 Å². The van der Waals surface area contributed by atoms with Crippen molar-refractivity contribution < 1.29 is 9.59 Å². The summed E-state index contributed by atoms with van der Waals surface area (Å²) >= 11 is 2.85. The summed E-state index contributed by atoms with van der Waals surface area (Å²) in [6.07, 6.45) is 3.01. The molecule has 2 amide bonds. The molecule has 7 heteroatoms. The zero-order valence-corrected chi connectivity index (χ0v) is 16.4. The Labute approximate surface area is 166 Å². The van der Waals surface area contributed by atoms with Gasteiger partial charge in [0.25, 0.3) is 5.91 Å². The van der Waals surface area contributed by atoms with E-state index in [0.717, 1.165) is 10.5 Å². The van der Waals surface area contributed by atoms with Crippen molar-refractivity contribution in [3.8, 4) is 0 Å². The molecule has 0 radical (unpaired) electrons. The van der Waals surface area contributed by atoms with E-state index >= 15 is 0 Å². The highest BCUT2D eigenvalue weighted by Gasteiger charge is 2.13. The van der Waals surface area contributed by atoms with Crippen LogP contribution < -0.4 is 10.6 Å². The first-order chi connectivity index (χ1) is 13.1. The smallest absolute Gasteiger partial charge is 0.275 e. The van der Waals surface area contributed by atoms with Crippen LogP contribution in [0, 0.1) is 0 Å². The van der Waals surface area contributed by atoms with Crippen LogP contribution in [0.3, 0.4) is 0 Å². The van der Waals surface area contributed by atoms with E-state index in [1.807, 2.05) is 60.9 Å². The van der Waals surface area contributed by atoms with E-state index in [-0.39, 0.29) is 17.5 Å². The highest BCUT2D eigenvalue weighted by atomic mass is 32.2. The van der Waals surface area contributed by atoms with Gasteiger partial charge in [0.2, 0.25) is 5.91 Å². The lowest BCUT2D eigenvalue weighted by atomic mass is 10.1. The van der Waals surface area contributed by atoms with Gasteiger partial charge in [0, 0.05) is 22.4 Å². The third kappa shape index (κ3) is 5.67. The molecule has 3 aromatic rings. The fourth-order valence-corrected chi connectivity index (χ4v) is 3.58. The number of nitrogens with zero attached hydrogens (tertiary/aromatic N) is 1. The number of hydrogen-bond acceptors (Lipinski definition) is 5. The Morgan fingerprint density at radius 1 is 1.07 bits per heavy atom. The molecule has 5 nitrogen and oxygen atoms in total. The Morgan fingerprint density at radius 3 is 2.67 bits per heavy atom. The number of carbonyl (C=O) groups excluding carboxylic acids is 2. The third-order valence-corrected chi connectivity index (χ3v) is 5.28. The number of thioether (sulfide) groups is 1. The molecule has 138 valence electrons. The lowest BCUT2D eigenvalue weighted by Crippen LogP contribution is -2.14. The molecule has 1 aromatic heterocycles. The molecule has 1 heterocycles. The first kappa shape index (κ1) is 19.1. The van der Waals surface area contributed by atoms with E-state index in [1.165, 1.54) is 11.3 Å². The Bertz CT molecular complexity index is 926. The second-order valence-corrected chi connectivity index (χ2v) is 7.50. The number of hydrogen-bond donors (Lipinski definition) is 2. The summed E-state index contributed by atoms with van der Waals surface area (Å²) in [6, 6.07) is 17.4. The molecule has 27 heavy (non-hydrogen) atoms. The molecule has 0 bridgehead atoms. The SMILES string of the molecule is CSc1cccc(NC(=O)c2csc(NC(=O)CCc3ccccc3)n2)c1. The van der Waals surface area contributed by atoms with Gasteiger partial charge in [-0.25, -0.2) is 4.98 Å². The highest BCUT2D eigenvalue weighted by Crippen LogP contribution is 2.21. The van der Waals surface area contributed by atoms with Crippen LogP contribution in [0.4, 0.5) is 10.8 Å². The summed E-state index contributed by atoms with van der Waals surface area (Å²) in [7, 11) is 0. The van der Waals surface area contributed by atoms with Crippen LogP contribution >= 0.6 is 23.1 Å². The van der Waals surface area contributed by atoms with Gasteiger partial charge in [0.05, 0.1) is 0 Å². The Hall–Kier alpha value is -2.64. The van der Waals surface area contributed by atoms with Crippen molar-refractivity contribution in [3.05, 3.63) is 71.2 Å². The summed E-state index contributed by atoms with van der Waals surface area (Å²) in [4.78, 5) is 29.7. The maximum atomic E-state index is 12.3. The van der Waals surface area contributed by atoms with E-state index < -0.39 is 0 Å². The number of aromatic nitrogens is 1. The van der Waals surface area contributed by atoms with Crippen molar-refractivity contribution in [1.29, 1.82) is 0 Å². The van der Waals surface area contributed by atoms with E-state index in [0.29, 0.717) is 23.7 Å². The zero-order chi connectivity index (χ0) is 19.1. The molecule has 0 aliphatic rings. The number of benzene rings is 2. The molecule has 0 saturated carbocycles. The molecule has 0 aliphatic carbocycles. The maximum Gasteiger partial charge on any atom is 0.275 e. The molecule has 2 N–H and O–H groups in total. The molecule has 2 aromatic carbocycles. The molecule has 0 spiro atoms. The Balaban J connectivity index is 1.54. The van der Waals surface area contributed by atoms with E-state index in [1.54, 1.807) is 17.1 Å². The Morgan fingerprint density at radius 2 is 1.89 bits per heavy atom. The van der Waals surface area contributed by atoms with Crippen LogP contribution in [0.5, 0.6) is 0 Å². The van der Waals surface area contributed by atoms with Gasteiger partial charge in [-0.15, -0.1) is 23.1 Å². The van der Waals surface area contributed by atoms with Crippen LogP contribution in [-0.4, -0.2) is 23.1 Å². The fraction of sp³-hybridized carbons (Fsp3) is 0.150. The van der Waals surface area contributed by atoms with E-state index in [4.69, 9.17) is 0 Å². The lowest BCUT2D eigenvalue weighted by molar-refractivity contribution is -0.116. The standard InChI is InChI=1S/C20H19N3O2S2/c1-26-16-9-5-8-15(12-16)21-19(25)17-13-27-20(22-17)23-18(24)11-10-14-6-3-2-4-7-14/h2-9,12-13H,10-11H2,1H3,(H,21,25)(H,22,23,24). The summed E-state index contributed by atoms with van der Waals surface area (Å²) in [5, 5.41) is 7.65. The summed E-state index contributed by atoms with van der Waals surface area (Å²) < 4.78 is 0. The molecule has 0 aliphatic heterocycles. The fourth-order valence-electron chi connectivity index (χ4n) is 2.42. The van der Waals surface area contributed by atoms with Crippen molar-refractivity contribution in [2.24, 2.45) is 0 Å². The van der Waals surface area contributed by atoms with Crippen molar-refractivity contribution in [2.75, 3.05) is 16.9 Å². The molecule has 0 atom stereocenters. The van der Waals surface area contributed by atoms with Crippen LogP contribution in [-0.2, 0) is 11.2 Å². The lowest BCUT2D eigenvalue weighted by Gasteiger charge is -2.05. The number of nitrogens with one attached hydrogen (secondary N) is 2. The number of carbonyl (C=O) groups is 2. The van der Waals surface area contributed by atoms with E-state index in [2.05, 4.69) is 15.6 Å². The first-order valence-electron chi connectivity index (χ1n) is 8.39. The minimum atomic E-state index is -0.297. The summed E-state index contributed by atoms with van der Waals surface area (Å²) in [6.45, 7) is 0.